The summed E-state index contributed by atoms with van der Waals surface area (Å²) in [7, 11) is 1.83. The first-order valence-electron chi connectivity index (χ1n) is 7.37. The molecule has 0 aliphatic heterocycles. The minimum Gasteiger partial charge on any atom is -0.435 e. The second-order valence-corrected chi connectivity index (χ2v) is 5.20. The van der Waals surface area contributed by atoms with Crippen molar-refractivity contribution in [2.45, 2.75) is 13.2 Å². The summed E-state index contributed by atoms with van der Waals surface area (Å²) in [5, 5.41) is 9.34. The number of alkyl halides is 2. The molecule has 0 bridgehead atoms. The van der Waals surface area contributed by atoms with Crippen LogP contribution < -0.4 is 10.1 Å². The van der Waals surface area contributed by atoms with E-state index >= 15 is 0 Å². The van der Waals surface area contributed by atoms with Crippen LogP contribution in [-0.2, 0) is 13.6 Å². The van der Waals surface area contributed by atoms with Crippen molar-refractivity contribution >= 4 is 5.91 Å². The van der Waals surface area contributed by atoms with Gasteiger partial charge in [0.2, 0.25) is 0 Å². The first kappa shape index (κ1) is 16.6. The zero-order chi connectivity index (χ0) is 17.8. The average Bonchev–Trinajstić information content (AvgIpc) is 3.21. The molecule has 0 atom stereocenters. The van der Waals surface area contributed by atoms with E-state index in [9.17, 15) is 13.6 Å². The van der Waals surface area contributed by atoms with Gasteiger partial charge in [-0.1, -0.05) is 12.1 Å². The van der Waals surface area contributed by atoms with Crippen molar-refractivity contribution in [3.05, 3.63) is 54.2 Å². The van der Waals surface area contributed by atoms with Gasteiger partial charge in [0, 0.05) is 25.0 Å². The molecule has 0 spiro atoms. The SMILES string of the molecule is Cn1ccnc1CNC(=O)c1cn[nH]c1-c1cccc(OC(F)F)c1. The van der Waals surface area contributed by atoms with Crippen LogP contribution in [0.1, 0.15) is 16.2 Å². The monoisotopic (exact) mass is 347 g/mol. The van der Waals surface area contributed by atoms with Gasteiger partial charge in [0.15, 0.2) is 0 Å². The van der Waals surface area contributed by atoms with Gasteiger partial charge in [-0.2, -0.15) is 13.9 Å². The highest BCUT2D eigenvalue weighted by molar-refractivity contribution is 5.99. The topological polar surface area (TPSA) is 84.8 Å². The third-order valence-corrected chi connectivity index (χ3v) is 3.56. The van der Waals surface area contributed by atoms with Crippen LogP contribution in [0.5, 0.6) is 5.75 Å². The Labute approximate surface area is 141 Å². The number of halogens is 2. The molecule has 3 rings (SSSR count). The van der Waals surface area contributed by atoms with Gasteiger partial charge in [0.25, 0.3) is 5.91 Å². The molecule has 1 amide bonds. The molecule has 0 saturated carbocycles. The molecule has 2 aromatic heterocycles. The Morgan fingerprint density at radius 1 is 1.44 bits per heavy atom. The summed E-state index contributed by atoms with van der Waals surface area (Å²) in [6.07, 6.45) is 4.79. The van der Waals surface area contributed by atoms with Gasteiger partial charge >= 0.3 is 6.61 Å². The van der Waals surface area contributed by atoms with E-state index in [0.717, 1.165) is 0 Å². The molecule has 0 aliphatic rings. The number of nitrogens with zero attached hydrogens (tertiary/aromatic N) is 3. The van der Waals surface area contributed by atoms with E-state index in [1.807, 2.05) is 7.05 Å². The second kappa shape index (κ2) is 7.12. The lowest BCUT2D eigenvalue weighted by atomic mass is 10.1. The van der Waals surface area contributed by atoms with Crippen molar-refractivity contribution in [3.63, 3.8) is 0 Å². The normalized spacial score (nSPS) is 10.9. The van der Waals surface area contributed by atoms with Gasteiger partial charge in [0.05, 0.1) is 24.0 Å². The zero-order valence-corrected chi connectivity index (χ0v) is 13.2. The Kier molecular flexibility index (Phi) is 4.73. The van der Waals surface area contributed by atoms with Gasteiger partial charge in [-0.3, -0.25) is 9.89 Å². The number of H-pyrrole nitrogens is 1. The van der Waals surface area contributed by atoms with Crippen LogP contribution in [-0.4, -0.2) is 32.3 Å². The maximum Gasteiger partial charge on any atom is 0.387 e. The molecular weight excluding hydrogens is 332 g/mol. The van der Waals surface area contributed by atoms with E-state index in [-0.39, 0.29) is 18.2 Å². The number of aryl methyl sites for hydroxylation is 1. The van der Waals surface area contributed by atoms with Crippen molar-refractivity contribution in [2.24, 2.45) is 7.05 Å². The Morgan fingerprint density at radius 3 is 3.00 bits per heavy atom. The number of carbonyl (C=O) groups is 1. The largest absolute Gasteiger partial charge is 0.435 e. The Balaban J connectivity index is 1.78. The molecular formula is C16H15F2N5O2. The number of nitrogens with one attached hydrogen (secondary N) is 2. The second-order valence-electron chi connectivity index (χ2n) is 5.20. The lowest BCUT2D eigenvalue weighted by Crippen LogP contribution is -2.24. The molecule has 1 aromatic carbocycles. The van der Waals surface area contributed by atoms with Crippen molar-refractivity contribution < 1.29 is 18.3 Å². The lowest BCUT2D eigenvalue weighted by Gasteiger charge is -2.08. The number of aromatic amines is 1. The minimum atomic E-state index is -2.92. The number of hydrogen-bond acceptors (Lipinski definition) is 4. The van der Waals surface area contributed by atoms with E-state index in [1.54, 1.807) is 29.1 Å². The van der Waals surface area contributed by atoms with Crippen molar-refractivity contribution in [3.8, 4) is 17.0 Å². The summed E-state index contributed by atoms with van der Waals surface area (Å²) in [6, 6.07) is 6.05. The van der Waals surface area contributed by atoms with Crippen LogP contribution in [0, 0.1) is 0 Å². The molecule has 25 heavy (non-hydrogen) atoms. The number of aromatic nitrogens is 4. The van der Waals surface area contributed by atoms with Crippen molar-refractivity contribution in [1.82, 2.24) is 25.1 Å². The summed E-state index contributed by atoms with van der Waals surface area (Å²) < 4.78 is 30.9. The third-order valence-electron chi connectivity index (χ3n) is 3.56. The predicted octanol–water partition coefficient (Wildman–Crippen LogP) is 2.34. The van der Waals surface area contributed by atoms with E-state index in [4.69, 9.17) is 0 Å². The third kappa shape index (κ3) is 3.82. The molecule has 130 valence electrons. The van der Waals surface area contributed by atoms with E-state index in [0.29, 0.717) is 22.6 Å². The van der Waals surface area contributed by atoms with Gasteiger partial charge < -0.3 is 14.6 Å². The first-order valence-corrected chi connectivity index (χ1v) is 7.37. The van der Waals surface area contributed by atoms with Crippen LogP contribution >= 0.6 is 0 Å². The fraction of sp³-hybridized carbons (Fsp3) is 0.188. The minimum absolute atomic E-state index is 0.00136. The van der Waals surface area contributed by atoms with Crippen LogP contribution in [0.4, 0.5) is 8.78 Å². The molecule has 7 nitrogen and oxygen atoms in total. The lowest BCUT2D eigenvalue weighted by molar-refractivity contribution is -0.0498. The number of benzene rings is 1. The Morgan fingerprint density at radius 2 is 2.28 bits per heavy atom. The summed E-state index contributed by atoms with van der Waals surface area (Å²) in [5.74, 6) is 0.346. The highest BCUT2D eigenvalue weighted by atomic mass is 19.3. The van der Waals surface area contributed by atoms with Gasteiger partial charge in [0.1, 0.15) is 11.6 Å². The molecule has 0 unspecified atom stereocenters. The van der Waals surface area contributed by atoms with Crippen molar-refractivity contribution in [2.75, 3.05) is 0 Å². The van der Waals surface area contributed by atoms with Crippen LogP contribution in [0.2, 0.25) is 0 Å². The highest BCUT2D eigenvalue weighted by Crippen LogP contribution is 2.26. The fourth-order valence-electron chi connectivity index (χ4n) is 2.33. The average molecular weight is 347 g/mol. The molecule has 0 radical (unpaired) electrons. The number of ether oxygens (including phenoxy) is 1. The molecule has 3 aromatic rings. The van der Waals surface area contributed by atoms with Crippen molar-refractivity contribution in [1.29, 1.82) is 0 Å². The van der Waals surface area contributed by atoms with Gasteiger partial charge in [-0.15, -0.1) is 0 Å². The summed E-state index contributed by atoms with van der Waals surface area (Å²) in [6.45, 7) is -2.67. The number of imidazole rings is 1. The molecule has 2 heterocycles. The summed E-state index contributed by atoms with van der Waals surface area (Å²) in [4.78, 5) is 16.5. The molecule has 0 fully saturated rings. The molecule has 0 saturated heterocycles. The van der Waals surface area contributed by atoms with Gasteiger partial charge in [-0.05, 0) is 12.1 Å². The molecule has 0 aliphatic carbocycles. The van der Waals surface area contributed by atoms with E-state index < -0.39 is 6.61 Å². The highest BCUT2D eigenvalue weighted by Gasteiger charge is 2.16. The Hall–Kier alpha value is -3.23. The number of carbonyl (C=O) groups excluding carboxylic acids is 1. The molecule has 9 heteroatoms. The molecule has 2 N–H and O–H groups in total. The van der Waals surface area contributed by atoms with E-state index in [1.165, 1.54) is 18.3 Å². The number of rotatable bonds is 6. The van der Waals surface area contributed by atoms with Crippen LogP contribution in [0.25, 0.3) is 11.3 Å². The summed E-state index contributed by atoms with van der Waals surface area (Å²) >= 11 is 0. The fourth-order valence-corrected chi connectivity index (χ4v) is 2.33. The standard InChI is InChI=1S/C16H15F2N5O2/c1-23-6-5-19-13(23)9-20-15(24)12-8-21-22-14(12)10-3-2-4-11(7-10)25-16(17)18/h2-8,16H,9H2,1H3,(H,20,24)(H,21,22). The first-order chi connectivity index (χ1) is 12.0. The smallest absolute Gasteiger partial charge is 0.387 e. The zero-order valence-electron chi connectivity index (χ0n) is 13.2. The predicted molar refractivity (Wildman–Crippen MR) is 85.0 cm³/mol. The number of hydrogen-bond donors (Lipinski definition) is 2. The Bertz CT molecular complexity index is 875. The van der Waals surface area contributed by atoms with Crippen LogP contribution in [0.15, 0.2) is 42.9 Å². The summed E-state index contributed by atoms with van der Waals surface area (Å²) in [5.41, 5.74) is 1.22. The van der Waals surface area contributed by atoms with Gasteiger partial charge in [-0.25, -0.2) is 4.98 Å². The van der Waals surface area contributed by atoms with E-state index in [2.05, 4.69) is 25.2 Å². The maximum absolute atomic E-state index is 12.4. The quantitative estimate of drug-likeness (QED) is 0.717. The maximum atomic E-state index is 12.4. The number of amides is 1. The van der Waals surface area contributed by atoms with Crippen LogP contribution in [0.3, 0.4) is 0 Å².